The molecule has 0 radical (unpaired) electrons. The van der Waals surface area contributed by atoms with Gasteiger partial charge in [-0.15, -0.1) is 0 Å². The van der Waals surface area contributed by atoms with E-state index in [4.69, 9.17) is 20.6 Å². The first-order chi connectivity index (χ1) is 17.0. The number of rotatable bonds is 5. The Labute approximate surface area is 205 Å². The first-order valence-corrected chi connectivity index (χ1v) is 12.3. The minimum absolute atomic E-state index is 0.126. The van der Waals surface area contributed by atoms with Gasteiger partial charge in [0.2, 0.25) is 0 Å². The van der Waals surface area contributed by atoms with Gasteiger partial charge in [0.05, 0.1) is 19.2 Å². The maximum Gasteiger partial charge on any atom is 0.418 e. The van der Waals surface area contributed by atoms with E-state index < -0.39 is 0 Å². The summed E-state index contributed by atoms with van der Waals surface area (Å²) in [5.41, 5.74) is 10.0. The number of aromatic nitrogens is 1. The molecule has 184 valence electrons. The van der Waals surface area contributed by atoms with E-state index >= 15 is 0 Å². The largest absolute Gasteiger partial charge is 0.493 e. The van der Waals surface area contributed by atoms with Crippen molar-refractivity contribution in [2.75, 3.05) is 33.4 Å². The van der Waals surface area contributed by atoms with Crippen molar-refractivity contribution in [1.29, 1.82) is 5.41 Å². The summed E-state index contributed by atoms with van der Waals surface area (Å²) in [5, 5.41) is 8.75. The monoisotopic (exact) mass is 475 g/mol. The highest BCUT2D eigenvalue weighted by Crippen LogP contribution is 2.27. The van der Waals surface area contributed by atoms with Crippen LogP contribution in [0.4, 0.5) is 4.79 Å². The average molecular weight is 476 g/mol. The number of ether oxygens (including phenoxy) is 2. The highest BCUT2D eigenvalue weighted by molar-refractivity contribution is 5.90. The summed E-state index contributed by atoms with van der Waals surface area (Å²) in [7, 11) is 1.42. The van der Waals surface area contributed by atoms with E-state index in [1.165, 1.54) is 18.2 Å². The number of benzene rings is 2. The standard InChI is InChI=1S/C27H33N5O3/c1-34-27(33)32-23(14-21-4-2-3-5-25(21)32)17-30-11-8-19(9-12-30)18-35-24-7-6-20-10-13-31(26(28)29)16-22(20)15-24/h2-7,14-15,19H,8-13,16-18H2,1H3,(H3,28,29). The minimum atomic E-state index is -0.346. The van der Waals surface area contributed by atoms with Crippen LogP contribution in [0.15, 0.2) is 48.5 Å². The maximum atomic E-state index is 12.5. The molecule has 0 spiro atoms. The number of likely N-dealkylation sites (tertiary alicyclic amines) is 1. The third-order valence-corrected chi connectivity index (χ3v) is 7.25. The van der Waals surface area contributed by atoms with Gasteiger partial charge < -0.3 is 20.1 Å². The van der Waals surface area contributed by atoms with Crippen molar-refractivity contribution in [3.8, 4) is 5.75 Å². The molecule has 3 heterocycles. The molecule has 1 saturated heterocycles. The second kappa shape index (κ2) is 10.00. The number of guanidine groups is 1. The average Bonchev–Trinajstić information content (AvgIpc) is 3.25. The molecule has 0 amide bonds. The fourth-order valence-electron chi connectivity index (χ4n) is 5.22. The number of nitrogens with zero attached hydrogens (tertiary/aromatic N) is 3. The van der Waals surface area contributed by atoms with Crippen LogP contribution >= 0.6 is 0 Å². The molecule has 1 aromatic heterocycles. The Morgan fingerprint density at radius 1 is 1.09 bits per heavy atom. The van der Waals surface area contributed by atoms with Crippen LogP contribution in [0.5, 0.6) is 5.75 Å². The number of piperidine rings is 1. The van der Waals surface area contributed by atoms with E-state index in [-0.39, 0.29) is 12.1 Å². The first-order valence-electron chi connectivity index (χ1n) is 12.3. The minimum Gasteiger partial charge on any atom is -0.493 e. The van der Waals surface area contributed by atoms with Crippen LogP contribution in [0.2, 0.25) is 0 Å². The van der Waals surface area contributed by atoms with Gasteiger partial charge in [-0.1, -0.05) is 24.3 Å². The molecular weight excluding hydrogens is 442 g/mol. The Hall–Kier alpha value is -3.52. The molecule has 3 aromatic rings. The van der Waals surface area contributed by atoms with Crippen LogP contribution in [-0.4, -0.2) is 59.8 Å². The van der Waals surface area contributed by atoms with Gasteiger partial charge in [-0.25, -0.2) is 9.36 Å². The Bertz CT molecular complexity index is 1230. The lowest BCUT2D eigenvalue weighted by Crippen LogP contribution is -2.40. The summed E-state index contributed by atoms with van der Waals surface area (Å²) in [6, 6.07) is 16.3. The van der Waals surface area contributed by atoms with Crippen molar-refractivity contribution in [2.24, 2.45) is 11.7 Å². The van der Waals surface area contributed by atoms with Gasteiger partial charge in [0, 0.05) is 30.7 Å². The van der Waals surface area contributed by atoms with E-state index in [0.29, 0.717) is 19.1 Å². The third kappa shape index (κ3) is 4.98. The predicted molar refractivity (Wildman–Crippen MR) is 136 cm³/mol. The van der Waals surface area contributed by atoms with E-state index in [0.717, 1.165) is 67.8 Å². The zero-order valence-corrected chi connectivity index (χ0v) is 20.2. The fraction of sp³-hybridized carbons (Fsp3) is 0.407. The molecule has 2 aliphatic heterocycles. The van der Waals surface area contributed by atoms with Gasteiger partial charge in [0.1, 0.15) is 5.75 Å². The molecule has 0 unspecified atom stereocenters. The van der Waals surface area contributed by atoms with Crippen LogP contribution < -0.4 is 10.5 Å². The van der Waals surface area contributed by atoms with E-state index in [2.05, 4.69) is 29.2 Å². The second-order valence-corrected chi connectivity index (χ2v) is 9.52. The molecule has 3 N–H and O–H groups in total. The van der Waals surface area contributed by atoms with Crippen LogP contribution in [0.1, 0.15) is 29.7 Å². The Balaban J connectivity index is 1.16. The molecule has 35 heavy (non-hydrogen) atoms. The number of hydrogen-bond acceptors (Lipinski definition) is 5. The van der Waals surface area contributed by atoms with E-state index in [1.54, 1.807) is 4.57 Å². The van der Waals surface area contributed by atoms with Crippen LogP contribution in [0, 0.1) is 11.3 Å². The van der Waals surface area contributed by atoms with Crippen molar-refractivity contribution < 1.29 is 14.3 Å². The highest BCUT2D eigenvalue weighted by Gasteiger charge is 2.23. The lowest BCUT2D eigenvalue weighted by Gasteiger charge is -2.32. The van der Waals surface area contributed by atoms with Crippen LogP contribution in [-0.2, 0) is 24.2 Å². The van der Waals surface area contributed by atoms with Crippen molar-refractivity contribution in [3.63, 3.8) is 0 Å². The molecule has 0 bridgehead atoms. The molecule has 8 nitrogen and oxygen atoms in total. The summed E-state index contributed by atoms with van der Waals surface area (Å²) in [5.74, 6) is 1.52. The number of hydrogen-bond donors (Lipinski definition) is 2. The van der Waals surface area contributed by atoms with Crippen LogP contribution in [0.3, 0.4) is 0 Å². The third-order valence-electron chi connectivity index (χ3n) is 7.25. The molecule has 2 aromatic carbocycles. The number of carbonyl (C=O) groups excluding carboxylic acids is 1. The zero-order valence-electron chi connectivity index (χ0n) is 20.2. The molecular formula is C27H33N5O3. The van der Waals surface area contributed by atoms with Gasteiger partial charge in [-0.3, -0.25) is 10.3 Å². The van der Waals surface area contributed by atoms with Gasteiger partial charge in [-0.05, 0) is 73.7 Å². The SMILES string of the molecule is COC(=O)n1c(CN2CCC(COc3ccc4c(c3)CN(C(=N)N)CC4)CC2)cc2ccccc21. The lowest BCUT2D eigenvalue weighted by atomic mass is 9.97. The molecule has 0 aliphatic carbocycles. The number of para-hydroxylation sites is 1. The second-order valence-electron chi connectivity index (χ2n) is 9.52. The van der Waals surface area contributed by atoms with Crippen molar-refractivity contribution in [1.82, 2.24) is 14.4 Å². The van der Waals surface area contributed by atoms with Crippen molar-refractivity contribution >= 4 is 23.0 Å². The Morgan fingerprint density at radius 2 is 1.89 bits per heavy atom. The molecule has 1 fully saturated rings. The zero-order chi connectivity index (χ0) is 24.4. The number of methoxy groups -OCH3 is 1. The van der Waals surface area contributed by atoms with E-state index in [1.807, 2.05) is 29.2 Å². The van der Waals surface area contributed by atoms with E-state index in [9.17, 15) is 4.79 Å². The normalized spacial score (nSPS) is 16.8. The van der Waals surface area contributed by atoms with Gasteiger partial charge in [-0.2, -0.15) is 0 Å². The summed E-state index contributed by atoms with van der Waals surface area (Å²) < 4.78 is 12.9. The summed E-state index contributed by atoms with van der Waals surface area (Å²) in [4.78, 5) is 16.7. The summed E-state index contributed by atoms with van der Waals surface area (Å²) in [6.07, 6.45) is 2.67. The predicted octanol–water partition coefficient (Wildman–Crippen LogP) is 3.80. The van der Waals surface area contributed by atoms with Crippen molar-refractivity contribution in [2.45, 2.75) is 32.4 Å². The smallest absolute Gasteiger partial charge is 0.418 e. The molecule has 0 atom stereocenters. The van der Waals surface area contributed by atoms with Crippen molar-refractivity contribution in [3.05, 3.63) is 65.4 Å². The number of nitrogens with one attached hydrogen (secondary N) is 1. The number of nitrogens with two attached hydrogens (primary N) is 1. The molecule has 8 heteroatoms. The maximum absolute atomic E-state index is 12.5. The summed E-state index contributed by atoms with van der Waals surface area (Å²) in [6.45, 7) is 4.81. The number of carbonyl (C=O) groups is 1. The van der Waals surface area contributed by atoms with Crippen LogP contribution in [0.25, 0.3) is 10.9 Å². The topological polar surface area (TPSA) is 96.8 Å². The highest BCUT2D eigenvalue weighted by atomic mass is 16.5. The Kier molecular flexibility index (Phi) is 6.63. The molecule has 5 rings (SSSR count). The summed E-state index contributed by atoms with van der Waals surface area (Å²) >= 11 is 0. The lowest BCUT2D eigenvalue weighted by molar-refractivity contribution is 0.133. The molecule has 2 aliphatic rings. The van der Waals surface area contributed by atoms with Gasteiger partial charge in [0.25, 0.3) is 0 Å². The quantitative estimate of drug-likeness (QED) is 0.430. The van der Waals surface area contributed by atoms with Gasteiger partial charge >= 0.3 is 6.09 Å². The first kappa shape index (κ1) is 23.2. The molecule has 0 saturated carbocycles. The Morgan fingerprint density at radius 3 is 2.66 bits per heavy atom. The fourth-order valence-corrected chi connectivity index (χ4v) is 5.22. The number of fused-ring (bicyclic) bond motifs is 2. The van der Waals surface area contributed by atoms with Gasteiger partial charge in [0.15, 0.2) is 5.96 Å².